The molecule has 0 unspecified atom stereocenters. The van der Waals surface area contributed by atoms with Crippen molar-refractivity contribution in [3.8, 4) is 17.2 Å². The van der Waals surface area contributed by atoms with Crippen molar-refractivity contribution in [1.29, 1.82) is 0 Å². The first kappa shape index (κ1) is 13.2. The van der Waals surface area contributed by atoms with E-state index in [4.69, 9.17) is 4.52 Å². The van der Waals surface area contributed by atoms with E-state index in [-0.39, 0.29) is 5.75 Å². The summed E-state index contributed by atoms with van der Waals surface area (Å²) < 4.78 is 5.36. The van der Waals surface area contributed by atoms with E-state index in [2.05, 4.69) is 10.1 Å². The highest BCUT2D eigenvalue weighted by Gasteiger charge is 2.21. The summed E-state index contributed by atoms with van der Waals surface area (Å²) in [6.45, 7) is 1.98. The van der Waals surface area contributed by atoms with Gasteiger partial charge in [0, 0.05) is 5.92 Å². The van der Waals surface area contributed by atoms with Gasteiger partial charge < -0.3 is 9.63 Å². The first-order valence-corrected chi connectivity index (χ1v) is 7.37. The Kier molecular flexibility index (Phi) is 3.72. The molecule has 4 heteroatoms. The normalized spacial score (nSPS) is 17.1. The van der Waals surface area contributed by atoms with Gasteiger partial charge in [0.1, 0.15) is 5.75 Å². The molecule has 0 saturated heterocycles. The van der Waals surface area contributed by atoms with Crippen LogP contribution >= 0.6 is 0 Å². The SMILES string of the molecule is Cc1ccc(O)c(-c2nc(C3CCCCCC3)no2)c1. The smallest absolute Gasteiger partial charge is 0.261 e. The molecular formula is C16H20N2O2. The summed E-state index contributed by atoms with van der Waals surface area (Å²) in [5, 5.41) is 14.1. The molecule has 1 aromatic carbocycles. The number of hydrogen-bond acceptors (Lipinski definition) is 4. The first-order chi connectivity index (χ1) is 9.74. The van der Waals surface area contributed by atoms with Crippen LogP contribution < -0.4 is 0 Å². The maximum Gasteiger partial charge on any atom is 0.261 e. The van der Waals surface area contributed by atoms with Crippen LogP contribution in [0.3, 0.4) is 0 Å². The predicted octanol–water partition coefficient (Wildman–Crippen LogP) is 4.19. The van der Waals surface area contributed by atoms with Crippen molar-refractivity contribution in [3.05, 3.63) is 29.6 Å². The summed E-state index contributed by atoms with van der Waals surface area (Å²) in [5.41, 5.74) is 1.68. The Balaban J connectivity index is 1.87. The van der Waals surface area contributed by atoms with Crippen LogP contribution in [0.1, 0.15) is 55.8 Å². The van der Waals surface area contributed by atoms with Crippen molar-refractivity contribution < 1.29 is 9.63 Å². The molecule has 3 rings (SSSR count). The van der Waals surface area contributed by atoms with Gasteiger partial charge in [0.25, 0.3) is 5.89 Å². The number of phenols is 1. The zero-order valence-corrected chi connectivity index (χ0v) is 11.8. The van der Waals surface area contributed by atoms with E-state index in [1.54, 1.807) is 6.07 Å². The van der Waals surface area contributed by atoms with E-state index in [9.17, 15) is 5.11 Å². The van der Waals surface area contributed by atoms with E-state index < -0.39 is 0 Å². The molecule has 1 aliphatic rings. The largest absolute Gasteiger partial charge is 0.507 e. The monoisotopic (exact) mass is 272 g/mol. The van der Waals surface area contributed by atoms with Crippen LogP contribution in [0.5, 0.6) is 5.75 Å². The Labute approximate surface area is 118 Å². The number of hydrogen-bond donors (Lipinski definition) is 1. The van der Waals surface area contributed by atoms with Gasteiger partial charge in [0.2, 0.25) is 0 Å². The maximum atomic E-state index is 9.93. The molecule has 1 aromatic heterocycles. The minimum Gasteiger partial charge on any atom is -0.507 e. The standard InChI is InChI=1S/C16H20N2O2/c1-11-8-9-14(19)13(10-11)16-17-15(18-20-16)12-6-4-2-3-5-7-12/h8-10,12,19H,2-7H2,1H3. The second-order valence-corrected chi connectivity index (χ2v) is 5.67. The van der Waals surface area contributed by atoms with Crippen molar-refractivity contribution >= 4 is 0 Å². The van der Waals surface area contributed by atoms with Crippen molar-refractivity contribution in [3.63, 3.8) is 0 Å². The number of phenolic OH excluding ortho intramolecular Hbond substituents is 1. The highest BCUT2D eigenvalue weighted by Crippen LogP contribution is 2.33. The van der Waals surface area contributed by atoms with Crippen molar-refractivity contribution in [2.75, 3.05) is 0 Å². The average Bonchev–Trinajstić information content (AvgIpc) is 2.77. The first-order valence-electron chi connectivity index (χ1n) is 7.37. The fourth-order valence-corrected chi connectivity index (χ4v) is 2.87. The highest BCUT2D eigenvalue weighted by atomic mass is 16.5. The van der Waals surface area contributed by atoms with Crippen molar-refractivity contribution in [2.24, 2.45) is 0 Å². The second kappa shape index (κ2) is 5.65. The lowest BCUT2D eigenvalue weighted by atomic mass is 10.00. The Morgan fingerprint density at radius 3 is 2.65 bits per heavy atom. The molecule has 0 spiro atoms. The van der Waals surface area contributed by atoms with Gasteiger partial charge in [-0.05, 0) is 31.9 Å². The summed E-state index contributed by atoms with van der Waals surface area (Å²) in [5.74, 6) is 1.81. The summed E-state index contributed by atoms with van der Waals surface area (Å²) in [6, 6.07) is 5.40. The lowest BCUT2D eigenvalue weighted by molar-refractivity contribution is 0.406. The Hall–Kier alpha value is -1.84. The van der Waals surface area contributed by atoms with E-state index in [1.807, 2.05) is 19.1 Å². The average molecular weight is 272 g/mol. The lowest BCUT2D eigenvalue weighted by Gasteiger charge is -2.07. The third-order valence-electron chi connectivity index (χ3n) is 4.04. The fraction of sp³-hybridized carbons (Fsp3) is 0.500. The van der Waals surface area contributed by atoms with Gasteiger partial charge in [-0.2, -0.15) is 4.98 Å². The Bertz CT molecular complexity index is 584. The van der Waals surface area contributed by atoms with Crippen LogP contribution in [0.25, 0.3) is 11.5 Å². The second-order valence-electron chi connectivity index (χ2n) is 5.67. The molecule has 4 nitrogen and oxygen atoms in total. The molecule has 1 aliphatic carbocycles. The minimum absolute atomic E-state index is 0.187. The molecule has 20 heavy (non-hydrogen) atoms. The number of aromatic nitrogens is 2. The molecule has 1 saturated carbocycles. The van der Waals surface area contributed by atoms with Crippen LogP contribution in [0.2, 0.25) is 0 Å². The number of rotatable bonds is 2. The third kappa shape index (κ3) is 2.69. The van der Waals surface area contributed by atoms with Crippen LogP contribution in [-0.2, 0) is 0 Å². The number of aromatic hydroxyl groups is 1. The molecular weight excluding hydrogens is 252 g/mol. The Morgan fingerprint density at radius 1 is 1.15 bits per heavy atom. The molecule has 0 atom stereocenters. The van der Waals surface area contributed by atoms with Gasteiger partial charge in [0.05, 0.1) is 5.56 Å². The zero-order valence-electron chi connectivity index (χ0n) is 11.8. The number of aryl methyl sites for hydroxylation is 1. The minimum atomic E-state index is 0.187. The quantitative estimate of drug-likeness (QED) is 0.833. The summed E-state index contributed by atoms with van der Waals surface area (Å²) in [4.78, 5) is 4.51. The number of nitrogens with zero attached hydrogens (tertiary/aromatic N) is 2. The summed E-state index contributed by atoms with van der Waals surface area (Å²) in [6.07, 6.45) is 7.37. The van der Waals surface area contributed by atoms with Crippen molar-refractivity contribution in [1.82, 2.24) is 10.1 Å². The van der Waals surface area contributed by atoms with Gasteiger partial charge in [0.15, 0.2) is 5.82 Å². The van der Waals surface area contributed by atoms with Crippen LogP contribution in [0.15, 0.2) is 22.7 Å². The van der Waals surface area contributed by atoms with Crippen molar-refractivity contribution in [2.45, 2.75) is 51.4 Å². The summed E-state index contributed by atoms with van der Waals surface area (Å²) >= 11 is 0. The molecule has 0 amide bonds. The summed E-state index contributed by atoms with van der Waals surface area (Å²) in [7, 11) is 0. The topological polar surface area (TPSA) is 59.2 Å². The molecule has 2 aromatic rings. The van der Waals surface area contributed by atoms with E-state index in [0.717, 1.165) is 24.2 Å². The molecule has 0 bridgehead atoms. The van der Waals surface area contributed by atoms with Gasteiger partial charge >= 0.3 is 0 Å². The Morgan fingerprint density at radius 2 is 1.90 bits per heavy atom. The van der Waals surface area contributed by atoms with E-state index in [0.29, 0.717) is 17.4 Å². The van der Waals surface area contributed by atoms with Gasteiger partial charge in [-0.25, -0.2) is 0 Å². The lowest BCUT2D eigenvalue weighted by Crippen LogP contribution is -1.99. The molecule has 1 N–H and O–H groups in total. The molecule has 1 heterocycles. The van der Waals surface area contributed by atoms with Crippen LogP contribution in [0.4, 0.5) is 0 Å². The van der Waals surface area contributed by atoms with Crippen LogP contribution in [-0.4, -0.2) is 15.2 Å². The van der Waals surface area contributed by atoms with Gasteiger partial charge in [-0.3, -0.25) is 0 Å². The molecule has 0 aliphatic heterocycles. The van der Waals surface area contributed by atoms with E-state index >= 15 is 0 Å². The zero-order chi connectivity index (χ0) is 13.9. The predicted molar refractivity (Wildman–Crippen MR) is 76.6 cm³/mol. The van der Waals surface area contributed by atoms with Crippen LogP contribution in [0, 0.1) is 6.92 Å². The maximum absolute atomic E-state index is 9.93. The highest BCUT2D eigenvalue weighted by molar-refractivity contribution is 5.63. The van der Waals surface area contributed by atoms with Gasteiger partial charge in [-0.1, -0.05) is 42.5 Å². The number of benzene rings is 1. The molecule has 1 fully saturated rings. The molecule has 106 valence electrons. The molecule has 0 radical (unpaired) electrons. The van der Waals surface area contributed by atoms with E-state index in [1.165, 1.54) is 25.7 Å². The third-order valence-corrected chi connectivity index (χ3v) is 4.04. The van der Waals surface area contributed by atoms with Gasteiger partial charge in [-0.15, -0.1) is 0 Å². The fourth-order valence-electron chi connectivity index (χ4n) is 2.87.